The number of aliphatic hydroxyl groups is 1. The molecule has 0 radical (unpaired) electrons. The number of hydrogen-bond acceptors (Lipinski definition) is 1. The molecule has 1 unspecified atom stereocenters. The third-order valence-corrected chi connectivity index (χ3v) is 2.80. The molecule has 80 valence electrons. The molecule has 0 bridgehead atoms. The molecule has 0 aliphatic heterocycles. The summed E-state index contributed by atoms with van der Waals surface area (Å²) in [7, 11) is 2.06. The first-order valence-corrected chi connectivity index (χ1v) is 5.31. The maximum absolute atomic E-state index is 9.45. The Morgan fingerprint density at radius 1 is 1.40 bits per heavy atom. The molecule has 0 saturated carbocycles. The van der Waals surface area contributed by atoms with E-state index in [1.54, 1.807) is 0 Å². The average Bonchev–Trinajstić information content (AvgIpc) is 2.43. The molecule has 0 aliphatic carbocycles. The van der Waals surface area contributed by atoms with Gasteiger partial charge in [0.05, 0.1) is 11.6 Å². The summed E-state index contributed by atoms with van der Waals surface area (Å²) in [5.41, 5.74) is 3.76. The van der Waals surface area contributed by atoms with Crippen LogP contribution in [-0.4, -0.2) is 15.8 Å². The minimum absolute atomic E-state index is 0.286. The third kappa shape index (κ3) is 1.77. The van der Waals surface area contributed by atoms with Gasteiger partial charge in [-0.15, -0.1) is 0 Å². The summed E-state index contributed by atoms with van der Waals surface area (Å²) in [6, 6.07) is 6.29. The smallest absolute Gasteiger partial charge is 0.0553 e. The monoisotopic (exact) mass is 203 g/mol. The van der Waals surface area contributed by atoms with Gasteiger partial charge in [-0.1, -0.05) is 18.2 Å². The number of para-hydroxylation sites is 1. The van der Waals surface area contributed by atoms with Crippen LogP contribution < -0.4 is 0 Å². The standard InChI is InChI=1S/C13H17NO/c1-9-8-14(3)13-11(7-10(2)15)5-4-6-12(9)13/h4-6,8,10,15H,7H2,1-3H3. The van der Waals surface area contributed by atoms with Crippen molar-refractivity contribution in [3.63, 3.8) is 0 Å². The van der Waals surface area contributed by atoms with Gasteiger partial charge in [-0.25, -0.2) is 0 Å². The molecule has 1 atom stereocenters. The average molecular weight is 203 g/mol. The van der Waals surface area contributed by atoms with Gasteiger partial charge in [0, 0.05) is 25.1 Å². The second-order valence-corrected chi connectivity index (χ2v) is 4.29. The van der Waals surface area contributed by atoms with Crippen molar-refractivity contribution in [2.24, 2.45) is 7.05 Å². The molecule has 2 heteroatoms. The van der Waals surface area contributed by atoms with E-state index in [1.807, 2.05) is 6.92 Å². The largest absolute Gasteiger partial charge is 0.393 e. The van der Waals surface area contributed by atoms with Crippen LogP contribution in [-0.2, 0) is 13.5 Å². The van der Waals surface area contributed by atoms with Crippen LogP contribution in [0.3, 0.4) is 0 Å². The quantitative estimate of drug-likeness (QED) is 0.796. The van der Waals surface area contributed by atoms with Crippen molar-refractivity contribution in [1.82, 2.24) is 4.57 Å². The summed E-state index contributed by atoms with van der Waals surface area (Å²) >= 11 is 0. The number of fused-ring (bicyclic) bond motifs is 1. The zero-order valence-electron chi connectivity index (χ0n) is 9.49. The molecule has 15 heavy (non-hydrogen) atoms. The zero-order valence-corrected chi connectivity index (χ0v) is 9.49. The first-order valence-electron chi connectivity index (χ1n) is 5.31. The number of aliphatic hydroxyl groups excluding tert-OH is 1. The molecular formula is C13H17NO. The molecular weight excluding hydrogens is 186 g/mol. The van der Waals surface area contributed by atoms with Crippen LogP contribution in [0.2, 0.25) is 0 Å². The van der Waals surface area contributed by atoms with Crippen LogP contribution in [0, 0.1) is 6.92 Å². The van der Waals surface area contributed by atoms with Gasteiger partial charge in [0.1, 0.15) is 0 Å². The van der Waals surface area contributed by atoms with E-state index >= 15 is 0 Å². The van der Waals surface area contributed by atoms with E-state index in [2.05, 4.69) is 42.9 Å². The van der Waals surface area contributed by atoms with E-state index in [1.165, 1.54) is 22.0 Å². The normalized spacial score (nSPS) is 13.3. The van der Waals surface area contributed by atoms with Crippen LogP contribution in [0.25, 0.3) is 10.9 Å². The number of nitrogens with zero attached hydrogens (tertiary/aromatic N) is 1. The maximum Gasteiger partial charge on any atom is 0.0553 e. The zero-order chi connectivity index (χ0) is 11.0. The van der Waals surface area contributed by atoms with Crippen LogP contribution in [0.15, 0.2) is 24.4 Å². The van der Waals surface area contributed by atoms with Crippen LogP contribution in [0.1, 0.15) is 18.1 Å². The number of aromatic nitrogens is 1. The van der Waals surface area contributed by atoms with E-state index in [9.17, 15) is 5.11 Å². The van der Waals surface area contributed by atoms with Gasteiger partial charge in [-0.05, 0) is 25.0 Å². The second-order valence-electron chi connectivity index (χ2n) is 4.29. The van der Waals surface area contributed by atoms with E-state index in [0.717, 1.165) is 0 Å². The molecule has 0 saturated heterocycles. The Morgan fingerprint density at radius 3 is 2.80 bits per heavy atom. The van der Waals surface area contributed by atoms with Gasteiger partial charge < -0.3 is 9.67 Å². The molecule has 0 aliphatic rings. The summed E-state index contributed by atoms with van der Waals surface area (Å²) in [6.45, 7) is 3.95. The minimum atomic E-state index is -0.286. The van der Waals surface area contributed by atoms with Gasteiger partial charge in [0.2, 0.25) is 0 Å². The predicted octanol–water partition coefficient (Wildman–Crippen LogP) is 2.41. The number of rotatable bonds is 2. The number of benzene rings is 1. The highest BCUT2D eigenvalue weighted by molar-refractivity contribution is 5.86. The summed E-state index contributed by atoms with van der Waals surface area (Å²) < 4.78 is 2.14. The fourth-order valence-electron chi connectivity index (χ4n) is 2.23. The Morgan fingerprint density at radius 2 is 2.13 bits per heavy atom. The van der Waals surface area contributed by atoms with Gasteiger partial charge >= 0.3 is 0 Å². The van der Waals surface area contributed by atoms with Gasteiger partial charge in [-0.3, -0.25) is 0 Å². The highest BCUT2D eigenvalue weighted by Crippen LogP contribution is 2.24. The fourth-order valence-corrected chi connectivity index (χ4v) is 2.23. The first-order chi connectivity index (χ1) is 7.09. The third-order valence-electron chi connectivity index (χ3n) is 2.80. The minimum Gasteiger partial charge on any atom is -0.393 e. The maximum atomic E-state index is 9.45. The summed E-state index contributed by atoms with van der Waals surface area (Å²) in [6.07, 6.45) is 2.57. The Hall–Kier alpha value is -1.28. The molecule has 1 heterocycles. The van der Waals surface area contributed by atoms with E-state index in [-0.39, 0.29) is 6.10 Å². The van der Waals surface area contributed by atoms with E-state index in [0.29, 0.717) is 6.42 Å². The molecule has 2 nitrogen and oxygen atoms in total. The van der Waals surface area contributed by atoms with Crippen molar-refractivity contribution in [3.8, 4) is 0 Å². The lowest BCUT2D eigenvalue weighted by Gasteiger charge is -2.08. The molecule has 2 rings (SSSR count). The molecule has 2 aromatic rings. The fraction of sp³-hybridized carbons (Fsp3) is 0.385. The van der Waals surface area contributed by atoms with Crippen molar-refractivity contribution < 1.29 is 5.11 Å². The molecule has 0 fully saturated rings. The van der Waals surface area contributed by atoms with Crippen molar-refractivity contribution in [2.45, 2.75) is 26.4 Å². The summed E-state index contributed by atoms with van der Waals surface area (Å²) in [5, 5.41) is 10.7. The highest BCUT2D eigenvalue weighted by Gasteiger charge is 2.09. The lowest BCUT2D eigenvalue weighted by atomic mass is 10.0. The summed E-state index contributed by atoms with van der Waals surface area (Å²) in [4.78, 5) is 0. The lowest BCUT2D eigenvalue weighted by molar-refractivity contribution is 0.196. The van der Waals surface area contributed by atoms with Crippen LogP contribution in [0.5, 0.6) is 0 Å². The molecule has 1 aromatic heterocycles. The first kappa shape index (κ1) is 10.2. The predicted molar refractivity (Wildman–Crippen MR) is 63.0 cm³/mol. The Labute approximate surface area is 90.2 Å². The Balaban J connectivity index is 2.64. The van der Waals surface area contributed by atoms with Crippen molar-refractivity contribution >= 4 is 10.9 Å². The molecule has 1 N–H and O–H groups in total. The highest BCUT2D eigenvalue weighted by atomic mass is 16.3. The molecule has 1 aromatic carbocycles. The Kier molecular flexibility index (Phi) is 2.53. The van der Waals surface area contributed by atoms with Crippen molar-refractivity contribution in [1.29, 1.82) is 0 Å². The topological polar surface area (TPSA) is 25.2 Å². The van der Waals surface area contributed by atoms with Gasteiger partial charge in [0.25, 0.3) is 0 Å². The van der Waals surface area contributed by atoms with Gasteiger partial charge in [0.15, 0.2) is 0 Å². The Bertz CT molecular complexity index is 482. The molecule has 0 spiro atoms. The lowest BCUT2D eigenvalue weighted by Crippen LogP contribution is -2.05. The number of hydrogen-bond donors (Lipinski definition) is 1. The molecule has 0 amide bonds. The van der Waals surface area contributed by atoms with E-state index < -0.39 is 0 Å². The van der Waals surface area contributed by atoms with Crippen LogP contribution >= 0.6 is 0 Å². The van der Waals surface area contributed by atoms with Crippen LogP contribution in [0.4, 0.5) is 0 Å². The van der Waals surface area contributed by atoms with Crippen molar-refractivity contribution in [3.05, 3.63) is 35.5 Å². The van der Waals surface area contributed by atoms with E-state index in [4.69, 9.17) is 0 Å². The SMILES string of the molecule is Cc1cn(C)c2c(CC(C)O)cccc12. The summed E-state index contributed by atoms with van der Waals surface area (Å²) in [5.74, 6) is 0. The number of aryl methyl sites for hydroxylation is 2. The second kappa shape index (κ2) is 3.70. The van der Waals surface area contributed by atoms with Gasteiger partial charge in [-0.2, -0.15) is 0 Å². The van der Waals surface area contributed by atoms with Crippen molar-refractivity contribution in [2.75, 3.05) is 0 Å².